The van der Waals surface area contributed by atoms with Crippen LogP contribution in [0.15, 0.2) is 36.4 Å². The largest absolute Gasteiger partial charge is 0.381 e. The molecule has 0 radical (unpaired) electrons. The summed E-state index contributed by atoms with van der Waals surface area (Å²) in [6, 6.07) is 12.2. The van der Waals surface area contributed by atoms with Gasteiger partial charge in [-0.3, -0.25) is 0 Å². The Kier molecular flexibility index (Phi) is 4.26. The SMILES string of the molecule is N#Cc1cccc(CNc2cc(Cl)c(F)c(Cl)c2)c1. The van der Waals surface area contributed by atoms with Crippen LogP contribution in [0.1, 0.15) is 11.1 Å². The van der Waals surface area contributed by atoms with E-state index in [1.54, 1.807) is 18.2 Å². The summed E-state index contributed by atoms with van der Waals surface area (Å²) in [4.78, 5) is 0. The lowest BCUT2D eigenvalue weighted by molar-refractivity contribution is 0.629. The van der Waals surface area contributed by atoms with Crippen LogP contribution in [0.4, 0.5) is 10.1 Å². The first-order valence-electron chi connectivity index (χ1n) is 5.47. The highest BCUT2D eigenvalue weighted by Gasteiger charge is 2.07. The van der Waals surface area contributed by atoms with E-state index >= 15 is 0 Å². The van der Waals surface area contributed by atoms with Crippen LogP contribution in [0.5, 0.6) is 0 Å². The molecule has 2 aromatic carbocycles. The van der Waals surface area contributed by atoms with Gasteiger partial charge in [0.2, 0.25) is 0 Å². The molecule has 19 heavy (non-hydrogen) atoms. The Morgan fingerprint density at radius 1 is 1.16 bits per heavy atom. The fraction of sp³-hybridized carbons (Fsp3) is 0.0714. The van der Waals surface area contributed by atoms with Gasteiger partial charge in [0.25, 0.3) is 0 Å². The van der Waals surface area contributed by atoms with E-state index in [0.29, 0.717) is 17.8 Å². The van der Waals surface area contributed by atoms with Crippen molar-refractivity contribution in [3.05, 3.63) is 63.4 Å². The number of hydrogen-bond donors (Lipinski definition) is 1. The number of nitriles is 1. The van der Waals surface area contributed by atoms with Crippen molar-refractivity contribution >= 4 is 28.9 Å². The number of hydrogen-bond acceptors (Lipinski definition) is 2. The van der Waals surface area contributed by atoms with Gasteiger partial charge in [-0.2, -0.15) is 5.26 Å². The Morgan fingerprint density at radius 2 is 1.84 bits per heavy atom. The van der Waals surface area contributed by atoms with Crippen LogP contribution in [0.3, 0.4) is 0 Å². The van der Waals surface area contributed by atoms with E-state index < -0.39 is 5.82 Å². The molecule has 0 fully saturated rings. The molecule has 0 atom stereocenters. The summed E-state index contributed by atoms with van der Waals surface area (Å²) in [6.07, 6.45) is 0. The molecule has 0 aliphatic heterocycles. The lowest BCUT2D eigenvalue weighted by atomic mass is 10.1. The lowest BCUT2D eigenvalue weighted by Crippen LogP contribution is -2.00. The fourth-order valence-electron chi connectivity index (χ4n) is 1.61. The molecule has 0 unspecified atom stereocenters. The summed E-state index contributed by atoms with van der Waals surface area (Å²) < 4.78 is 13.2. The first-order valence-corrected chi connectivity index (χ1v) is 6.23. The van der Waals surface area contributed by atoms with Gasteiger partial charge in [-0.1, -0.05) is 35.3 Å². The third-order valence-corrected chi connectivity index (χ3v) is 3.09. The van der Waals surface area contributed by atoms with Gasteiger partial charge in [0.15, 0.2) is 5.82 Å². The van der Waals surface area contributed by atoms with Crippen LogP contribution in [0, 0.1) is 17.1 Å². The maximum absolute atomic E-state index is 13.2. The quantitative estimate of drug-likeness (QED) is 0.839. The van der Waals surface area contributed by atoms with Gasteiger partial charge in [-0.25, -0.2) is 4.39 Å². The summed E-state index contributed by atoms with van der Waals surface area (Å²) in [5.41, 5.74) is 2.16. The van der Waals surface area contributed by atoms with Crippen molar-refractivity contribution in [1.82, 2.24) is 0 Å². The van der Waals surface area contributed by atoms with Crippen LogP contribution in [0.2, 0.25) is 10.0 Å². The van der Waals surface area contributed by atoms with E-state index in [2.05, 4.69) is 11.4 Å². The van der Waals surface area contributed by atoms with Crippen LogP contribution < -0.4 is 5.32 Å². The van der Waals surface area contributed by atoms with Gasteiger partial charge in [-0.15, -0.1) is 0 Å². The molecule has 0 heterocycles. The maximum Gasteiger partial charge on any atom is 0.160 e. The normalized spacial score (nSPS) is 10.0. The Bertz CT molecular complexity index is 627. The van der Waals surface area contributed by atoms with E-state index in [0.717, 1.165) is 5.56 Å². The molecular weight excluding hydrogens is 286 g/mol. The van der Waals surface area contributed by atoms with E-state index in [4.69, 9.17) is 28.5 Å². The van der Waals surface area contributed by atoms with Crippen molar-refractivity contribution in [1.29, 1.82) is 5.26 Å². The van der Waals surface area contributed by atoms with Gasteiger partial charge < -0.3 is 5.32 Å². The monoisotopic (exact) mass is 294 g/mol. The highest BCUT2D eigenvalue weighted by molar-refractivity contribution is 6.35. The minimum absolute atomic E-state index is 0.0271. The van der Waals surface area contributed by atoms with Crippen molar-refractivity contribution in [2.24, 2.45) is 0 Å². The van der Waals surface area contributed by atoms with Gasteiger partial charge in [0.05, 0.1) is 21.7 Å². The fourth-order valence-corrected chi connectivity index (χ4v) is 2.10. The third kappa shape index (κ3) is 3.37. The van der Waals surface area contributed by atoms with E-state index in [9.17, 15) is 4.39 Å². The van der Waals surface area contributed by atoms with Crippen LogP contribution in [-0.2, 0) is 6.54 Å². The predicted octanol–water partition coefficient (Wildman–Crippen LogP) is 4.62. The van der Waals surface area contributed by atoms with Crippen LogP contribution in [0.25, 0.3) is 0 Å². The maximum atomic E-state index is 13.2. The standard InChI is InChI=1S/C14H9Cl2FN2/c15-12-5-11(6-13(16)14(12)17)19-8-10-3-1-2-9(4-10)7-18/h1-6,19H,8H2. The predicted molar refractivity (Wildman–Crippen MR) is 74.9 cm³/mol. The Hall–Kier alpha value is -1.76. The van der Waals surface area contributed by atoms with Crippen molar-refractivity contribution in [3.8, 4) is 6.07 Å². The summed E-state index contributed by atoms with van der Waals surface area (Å²) in [6.45, 7) is 0.494. The van der Waals surface area contributed by atoms with Gasteiger partial charge in [0.1, 0.15) is 0 Å². The molecule has 2 nitrogen and oxygen atoms in total. The molecule has 1 N–H and O–H groups in total. The second kappa shape index (κ2) is 5.92. The molecule has 0 amide bonds. The summed E-state index contributed by atoms with van der Waals surface area (Å²) in [7, 11) is 0. The van der Waals surface area contributed by atoms with E-state index in [1.807, 2.05) is 6.07 Å². The third-order valence-electron chi connectivity index (χ3n) is 2.54. The number of nitrogens with zero attached hydrogens (tertiary/aromatic N) is 1. The summed E-state index contributed by atoms with van der Waals surface area (Å²) in [5.74, 6) is -0.625. The molecular formula is C14H9Cl2FN2. The Labute approximate surface area is 120 Å². The van der Waals surface area contributed by atoms with Crippen molar-refractivity contribution in [3.63, 3.8) is 0 Å². The van der Waals surface area contributed by atoms with Gasteiger partial charge in [-0.05, 0) is 29.8 Å². The molecule has 0 aromatic heterocycles. The molecule has 0 saturated heterocycles. The molecule has 0 aliphatic rings. The van der Waals surface area contributed by atoms with Gasteiger partial charge >= 0.3 is 0 Å². The van der Waals surface area contributed by atoms with E-state index in [-0.39, 0.29) is 10.0 Å². The smallest absolute Gasteiger partial charge is 0.160 e. The zero-order valence-electron chi connectivity index (χ0n) is 9.75. The number of nitrogens with one attached hydrogen (secondary N) is 1. The lowest BCUT2D eigenvalue weighted by Gasteiger charge is -2.08. The number of benzene rings is 2. The first-order chi connectivity index (χ1) is 9.10. The zero-order chi connectivity index (χ0) is 13.8. The average molecular weight is 295 g/mol. The molecule has 96 valence electrons. The van der Waals surface area contributed by atoms with Gasteiger partial charge in [0, 0.05) is 12.2 Å². The second-order valence-electron chi connectivity index (χ2n) is 3.92. The summed E-state index contributed by atoms with van der Waals surface area (Å²) >= 11 is 11.4. The number of anilines is 1. The molecule has 2 rings (SSSR count). The zero-order valence-corrected chi connectivity index (χ0v) is 11.3. The molecule has 2 aromatic rings. The molecule has 0 bridgehead atoms. The second-order valence-corrected chi connectivity index (χ2v) is 4.73. The van der Waals surface area contributed by atoms with Crippen LogP contribution >= 0.6 is 23.2 Å². The van der Waals surface area contributed by atoms with Crippen molar-refractivity contribution < 1.29 is 4.39 Å². The Morgan fingerprint density at radius 3 is 2.47 bits per heavy atom. The average Bonchev–Trinajstić information content (AvgIpc) is 2.42. The topological polar surface area (TPSA) is 35.8 Å². The number of rotatable bonds is 3. The van der Waals surface area contributed by atoms with Crippen molar-refractivity contribution in [2.45, 2.75) is 6.54 Å². The van der Waals surface area contributed by atoms with Crippen LogP contribution in [-0.4, -0.2) is 0 Å². The highest BCUT2D eigenvalue weighted by Crippen LogP contribution is 2.27. The van der Waals surface area contributed by atoms with Crippen molar-refractivity contribution in [2.75, 3.05) is 5.32 Å². The first kappa shape index (κ1) is 13.7. The number of halogens is 3. The minimum atomic E-state index is -0.625. The molecule has 0 saturated carbocycles. The molecule has 5 heteroatoms. The highest BCUT2D eigenvalue weighted by atomic mass is 35.5. The Balaban J connectivity index is 2.12. The minimum Gasteiger partial charge on any atom is -0.381 e. The summed E-state index contributed by atoms with van der Waals surface area (Å²) in [5, 5.41) is 11.8. The molecule has 0 spiro atoms. The molecule has 0 aliphatic carbocycles. The van der Waals surface area contributed by atoms with E-state index in [1.165, 1.54) is 12.1 Å².